The second-order valence-electron chi connectivity index (χ2n) is 9.58. The molecule has 1 aliphatic heterocycles. The second-order valence-corrected chi connectivity index (χ2v) is 11.4. The standard InChI is InChI=1S/C29H28F3NO5S/c1-19(2)25-9-4-3-6-21(25)12-10-20-11-14-27-26(16-20)33(18-23(38-27)13-15-28(34)35)39(36,37)24-8-5-7-22(17-24)29(30,31)32/h3-12,14,16-17,19,23H,13,15,18H2,1-2H3,(H,34,35). The molecule has 1 unspecified atom stereocenters. The van der Waals surface area contributed by atoms with Crippen LogP contribution in [0.3, 0.4) is 0 Å². The molecule has 1 N–H and O–H groups in total. The highest BCUT2D eigenvalue weighted by Gasteiger charge is 2.37. The summed E-state index contributed by atoms with van der Waals surface area (Å²) in [5.41, 5.74) is 1.89. The molecule has 1 atom stereocenters. The second kappa shape index (κ2) is 11.1. The summed E-state index contributed by atoms with van der Waals surface area (Å²) < 4.78 is 74.3. The fourth-order valence-corrected chi connectivity index (χ4v) is 5.97. The summed E-state index contributed by atoms with van der Waals surface area (Å²) >= 11 is 0. The first-order chi connectivity index (χ1) is 18.4. The fourth-order valence-electron chi connectivity index (χ4n) is 4.43. The molecular formula is C29H28F3NO5S. The zero-order valence-electron chi connectivity index (χ0n) is 21.4. The maximum Gasteiger partial charge on any atom is 0.416 e. The van der Waals surface area contributed by atoms with E-state index in [4.69, 9.17) is 9.84 Å². The van der Waals surface area contributed by atoms with Gasteiger partial charge in [-0.15, -0.1) is 0 Å². The smallest absolute Gasteiger partial charge is 0.416 e. The van der Waals surface area contributed by atoms with Crippen LogP contribution in [0.4, 0.5) is 18.9 Å². The van der Waals surface area contributed by atoms with Gasteiger partial charge < -0.3 is 9.84 Å². The van der Waals surface area contributed by atoms with Gasteiger partial charge in [-0.1, -0.05) is 62.4 Å². The normalized spacial score (nSPS) is 15.8. The molecule has 1 aliphatic rings. The fraction of sp³-hybridized carbons (Fsp3) is 0.276. The minimum atomic E-state index is -4.72. The minimum Gasteiger partial charge on any atom is -0.486 e. The summed E-state index contributed by atoms with van der Waals surface area (Å²) in [5, 5.41) is 9.09. The van der Waals surface area contributed by atoms with Gasteiger partial charge in [0.05, 0.1) is 22.7 Å². The molecule has 0 amide bonds. The van der Waals surface area contributed by atoms with Crippen molar-refractivity contribution in [2.45, 2.75) is 49.8 Å². The lowest BCUT2D eigenvalue weighted by atomic mass is 9.96. The molecule has 1 heterocycles. The lowest BCUT2D eigenvalue weighted by molar-refractivity contribution is -0.138. The number of benzene rings is 3. The van der Waals surface area contributed by atoms with Crippen LogP contribution in [0, 0.1) is 0 Å². The first kappa shape index (κ1) is 28.2. The Morgan fingerprint density at radius 2 is 1.82 bits per heavy atom. The van der Waals surface area contributed by atoms with E-state index in [0.29, 0.717) is 17.5 Å². The third kappa shape index (κ3) is 6.44. The van der Waals surface area contributed by atoms with E-state index in [1.165, 1.54) is 0 Å². The van der Waals surface area contributed by atoms with Crippen molar-refractivity contribution in [3.05, 3.63) is 89.0 Å². The van der Waals surface area contributed by atoms with Gasteiger partial charge in [0.25, 0.3) is 10.0 Å². The van der Waals surface area contributed by atoms with Crippen molar-refractivity contribution >= 4 is 33.8 Å². The van der Waals surface area contributed by atoms with E-state index in [0.717, 1.165) is 33.6 Å². The van der Waals surface area contributed by atoms with E-state index in [1.54, 1.807) is 18.2 Å². The predicted octanol–water partition coefficient (Wildman–Crippen LogP) is 6.82. The number of hydrogen-bond acceptors (Lipinski definition) is 4. The molecule has 0 fully saturated rings. The van der Waals surface area contributed by atoms with Gasteiger partial charge in [-0.3, -0.25) is 9.10 Å². The Morgan fingerprint density at radius 3 is 2.51 bits per heavy atom. The maximum atomic E-state index is 13.7. The number of alkyl halides is 3. The molecule has 0 aliphatic carbocycles. The molecule has 206 valence electrons. The summed E-state index contributed by atoms with van der Waals surface area (Å²) in [7, 11) is -4.45. The van der Waals surface area contributed by atoms with Crippen LogP contribution in [0.5, 0.6) is 5.75 Å². The maximum absolute atomic E-state index is 13.7. The Kier molecular flexibility index (Phi) is 8.06. The first-order valence-corrected chi connectivity index (χ1v) is 13.8. The van der Waals surface area contributed by atoms with E-state index in [1.807, 2.05) is 36.4 Å². The number of anilines is 1. The first-order valence-electron chi connectivity index (χ1n) is 12.4. The zero-order chi connectivity index (χ0) is 28.4. The molecule has 10 heteroatoms. The molecule has 0 saturated heterocycles. The Hall–Kier alpha value is -3.79. The van der Waals surface area contributed by atoms with Gasteiger partial charge in [-0.25, -0.2) is 8.42 Å². The van der Waals surface area contributed by atoms with Crippen LogP contribution in [-0.2, 0) is 21.0 Å². The number of hydrogen-bond donors (Lipinski definition) is 1. The van der Waals surface area contributed by atoms with Gasteiger partial charge in [-0.2, -0.15) is 13.2 Å². The highest BCUT2D eigenvalue weighted by Crippen LogP contribution is 2.40. The van der Waals surface area contributed by atoms with Gasteiger partial charge in [0, 0.05) is 6.42 Å². The molecule has 3 aromatic rings. The number of nitrogens with zero attached hydrogens (tertiary/aromatic N) is 1. The number of rotatable bonds is 8. The van der Waals surface area contributed by atoms with Crippen LogP contribution >= 0.6 is 0 Å². The van der Waals surface area contributed by atoms with Crippen LogP contribution in [0.25, 0.3) is 12.2 Å². The topological polar surface area (TPSA) is 83.9 Å². The van der Waals surface area contributed by atoms with Gasteiger partial charge in [0.1, 0.15) is 11.9 Å². The zero-order valence-corrected chi connectivity index (χ0v) is 22.2. The van der Waals surface area contributed by atoms with Crippen molar-refractivity contribution in [1.29, 1.82) is 0 Å². The lowest BCUT2D eigenvalue weighted by Gasteiger charge is -2.35. The van der Waals surface area contributed by atoms with Crippen molar-refractivity contribution < 1.29 is 36.2 Å². The van der Waals surface area contributed by atoms with Crippen molar-refractivity contribution in [1.82, 2.24) is 0 Å². The molecule has 0 spiro atoms. The molecule has 4 rings (SSSR count). The van der Waals surface area contributed by atoms with Crippen molar-refractivity contribution in [2.75, 3.05) is 10.8 Å². The highest BCUT2D eigenvalue weighted by molar-refractivity contribution is 7.92. The van der Waals surface area contributed by atoms with E-state index >= 15 is 0 Å². The number of carboxylic acid groups (broad SMARTS) is 1. The van der Waals surface area contributed by atoms with Crippen LogP contribution in [-0.4, -0.2) is 32.1 Å². The summed E-state index contributed by atoms with van der Waals surface area (Å²) in [6.45, 7) is 3.92. The lowest BCUT2D eigenvalue weighted by Crippen LogP contribution is -2.43. The molecule has 6 nitrogen and oxygen atoms in total. The van der Waals surface area contributed by atoms with E-state index in [2.05, 4.69) is 13.8 Å². The van der Waals surface area contributed by atoms with Gasteiger partial charge in [0.15, 0.2) is 0 Å². The molecule has 0 bridgehead atoms. The number of carboxylic acids is 1. The average molecular weight is 560 g/mol. The Balaban J connectivity index is 1.76. The van der Waals surface area contributed by atoms with E-state index < -0.39 is 38.7 Å². The largest absolute Gasteiger partial charge is 0.486 e. The van der Waals surface area contributed by atoms with Crippen LogP contribution in [0.15, 0.2) is 71.6 Å². The van der Waals surface area contributed by atoms with Crippen molar-refractivity contribution in [3.8, 4) is 5.75 Å². The van der Waals surface area contributed by atoms with Gasteiger partial charge in [0.2, 0.25) is 0 Å². The number of ether oxygens (including phenoxy) is 1. The quantitative estimate of drug-likeness (QED) is 0.306. The Bertz CT molecular complexity index is 1500. The molecule has 0 saturated carbocycles. The molecule has 0 radical (unpaired) electrons. The number of aliphatic carboxylic acids is 1. The average Bonchev–Trinajstić information content (AvgIpc) is 2.89. The van der Waals surface area contributed by atoms with Gasteiger partial charge >= 0.3 is 12.1 Å². The molecular weight excluding hydrogens is 531 g/mol. The number of carbonyl (C=O) groups is 1. The Labute approximate surface area is 225 Å². The van der Waals surface area contributed by atoms with Gasteiger partial charge in [-0.05, 0) is 59.4 Å². The molecule has 39 heavy (non-hydrogen) atoms. The summed E-state index contributed by atoms with van der Waals surface area (Å²) in [5.74, 6) is -0.579. The van der Waals surface area contributed by atoms with E-state index in [9.17, 15) is 26.4 Å². The summed E-state index contributed by atoms with van der Waals surface area (Å²) in [6.07, 6.45) is -2.00. The number of fused-ring (bicyclic) bond motifs is 1. The molecule has 3 aromatic carbocycles. The monoisotopic (exact) mass is 559 g/mol. The highest BCUT2D eigenvalue weighted by atomic mass is 32.2. The number of halogens is 3. The molecule has 0 aromatic heterocycles. The minimum absolute atomic E-state index is 0.0248. The summed E-state index contributed by atoms with van der Waals surface area (Å²) in [6, 6.07) is 16.4. The van der Waals surface area contributed by atoms with Crippen LogP contribution in [0.2, 0.25) is 0 Å². The van der Waals surface area contributed by atoms with Crippen LogP contribution < -0.4 is 9.04 Å². The Morgan fingerprint density at radius 1 is 1.08 bits per heavy atom. The van der Waals surface area contributed by atoms with Crippen molar-refractivity contribution in [2.24, 2.45) is 0 Å². The number of sulfonamides is 1. The van der Waals surface area contributed by atoms with Crippen molar-refractivity contribution in [3.63, 3.8) is 0 Å². The van der Waals surface area contributed by atoms with E-state index in [-0.39, 0.29) is 30.8 Å². The summed E-state index contributed by atoms with van der Waals surface area (Å²) in [4.78, 5) is 10.6. The third-order valence-electron chi connectivity index (χ3n) is 6.42. The SMILES string of the molecule is CC(C)c1ccccc1C=Cc1ccc2c(c1)N(S(=O)(=O)c1cccc(C(F)(F)F)c1)CC(CCC(=O)O)O2. The third-order valence-corrected chi connectivity index (χ3v) is 8.19. The van der Waals surface area contributed by atoms with Crippen LogP contribution in [0.1, 0.15) is 54.9 Å². The predicted molar refractivity (Wildman–Crippen MR) is 143 cm³/mol.